The molecule has 0 radical (unpaired) electrons. The molecule has 0 atom stereocenters. The van der Waals surface area contributed by atoms with Crippen molar-refractivity contribution in [2.24, 2.45) is 0 Å². The molecule has 0 bridgehead atoms. The predicted molar refractivity (Wildman–Crippen MR) is 99.6 cm³/mol. The largest absolute Gasteiger partial charge is 0.336 e. The topological polar surface area (TPSA) is 48.1 Å². The van der Waals surface area contributed by atoms with Gasteiger partial charge in [0.25, 0.3) is 5.69 Å². The molecular formula is C21H16N2O2. The van der Waals surface area contributed by atoms with E-state index in [4.69, 9.17) is 0 Å². The van der Waals surface area contributed by atoms with Crippen LogP contribution in [0.15, 0.2) is 84.9 Å². The van der Waals surface area contributed by atoms with Crippen molar-refractivity contribution < 1.29 is 4.92 Å². The van der Waals surface area contributed by atoms with Crippen LogP contribution in [0.4, 0.5) is 5.69 Å². The minimum absolute atomic E-state index is 0.152. The van der Waals surface area contributed by atoms with Crippen molar-refractivity contribution in [2.75, 3.05) is 0 Å². The number of rotatable bonds is 4. The second-order valence-corrected chi connectivity index (χ2v) is 5.93. The van der Waals surface area contributed by atoms with Gasteiger partial charge in [-0.25, -0.2) is 0 Å². The second kappa shape index (κ2) is 6.24. The van der Waals surface area contributed by atoms with Crippen LogP contribution in [0.25, 0.3) is 22.2 Å². The van der Waals surface area contributed by atoms with Gasteiger partial charge in [-0.2, -0.15) is 0 Å². The van der Waals surface area contributed by atoms with Gasteiger partial charge in [-0.3, -0.25) is 10.1 Å². The highest BCUT2D eigenvalue weighted by molar-refractivity contribution is 5.87. The van der Waals surface area contributed by atoms with Crippen molar-refractivity contribution in [1.82, 2.24) is 4.57 Å². The number of hydrogen-bond donors (Lipinski definition) is 0. The Balaban J connectivity index is 1.91. The van der Waals surface area contributed by atoms with Gasteiger partial charge in [0.15, 0.2) is 0 Å². The average molecular weight is 328 g/mol. The first-order valence-corrected chi connectivity index (χ1v) is 8.10. The molecule has 0 saturated carbocycles. The highest BCUT2D eigenvalue weighted by Gasteiger charge is 2.16. The van der Waals surface area contributed by atoms with Gasteiger partial charge in [0, 0.05) is 28.2 Å². The van der Waals surface area contributed by atoms with E-state index in [0.29, 0.717) is 12.1 Å². The molecule has 3 aromatic carbocycles. The van der Waals surface area contributed by atoms with Gasteiger partial charge < -0.3 is 4.57 Å². The zero-order chi connectivity index (χ0) is 17.2. The van der Waals surface area contributed by atoms with E-state index in [-0.39, 0.29) is 10.6 Å². The molecule has 4 rings (SSSR count). The summed E-state index contributed by atoms with van der Waals surface area (Å²) in [5, 5.41) is 12.5. The highest BCUT2D eigenvalue weighted by Crippen LogP contribution is 2.30. The Bertz CT molecular complexity index is 1050. The molecule has 0 fully saturated rings. The van der Waals surface area contributed by atoms with Crippen molar-refractivity contribution >= 4 is 16.6 Å². The maximum Gasteiger partial charge on any atom is 0.274 e. The Hall–Kier alpha value is -3.40. The summed E-state index contributed by atoms with van der Waals surface area (Å²) in [4.78, 5) is 11.0. The zero-order valence-corrected chi connectivity index (χ0v) is 13.5. The maximum absolute atomic E-state index is 11.4. The summed E-state index contributed by atoms with van der Waals surface area (Å²) < 4.78 is 2.15. The fraction of sp³-hybridized carbons (Fsp3) is 0.0476. The van der Waals surface area contributed by atoms with E-state index < -0.39 is 0 Å². The maximum atomic E-state index is 11.4. The third-order valence-electron chi connectivity index (χ3n) is 4.40. The Morgan fingerprint density at radius 1 is 0.840 bits per heavy atom. The summed E-state index contributed by atoms with van der Waals surface area (Å²) in [6, 6.07) is 27.3. The Kier molecular flexibility index (Phi) is 3.78. The van der Waals surface area contributed by atoms with Crippen molar-refractivity contribution in [3.05, 3.63) is 101 Å². The number of benzene rings is 3. The lowest BCUT2D eigenvalue weighted by Crippen LogP contribution is -2.04. The van der Waals surface area contributed by atoms with E-state index in [1.807, 2.05) is 42.5 Å². The van der Waals surface area contributed by atoms with Crippen LogP contribution < -0.4 is 0 Å². The molecule has 0 unspecified atom stereocenters. The predicted octanol–water partition coefficient (Wildman–Crippen LogP) is 5.26. The van der Waals surface area contributed by atoms with Crippen LogP contribution in [-0.4, -0.2) is 9.49 Å². The monoisotopic (exact) mass is 328 g/mol. The van der Waals surface area contributed by atoms with Crippen LogP contribution in [0.3, 0.4) is 0 Å². The van der Waals surface area contributed by atoms with Crippen molar-refractivity contribution in [1.29, 1.82) is 0 Å². The van der Waals surface area contributed by atoms with E-state index in [1.165, 1.54) is 0 Å². The number of nitro benzene ring substituents is 1. The summed E-state index contributed by atoms with van der Waals surface area (Å²) in [6.45, 7) is 0.453. The molecule has 0 spiro atoms. The fourth-order valence-corrected chi connectivity index (χ4v) is 3.22. The third-order valence-corrected chi connectivity index (χ3v) is 4.40. The third kappa shape index (κ3) is 2.78. The molecule has 0 saturated heterocycles. The van der Waals surface area contributed by atoms with E-state index in [2.05, 4.69) is 34.9 Å². The molecule has 0 aliphatic carbocycles. The van der Waals surface area contributed by atoms with Gasteiger partial charge in [-0.1, -0.05) is 66.7 Å². The molecule has 4 aromatic rings. The van der Waals surface area contributed by atoms with Crippen LogP contribution in [0.2, 0.25) is 0 Å². The van der Waals surface area contributed by atoms with E-state index >= 15 is 0 Å². The number of aromatic nitrogens is 1. The minimum atomic E-state index is -0.316. The molecule has 0 N–H and O–H groups in total. The zero-order valence-electron chi connectivity index (χ0n) is 13.5. The molecule has 0 aliphatic rings. The van der Waals surface area contributed by atoms with Gasteiger partial charge in [0.05, 0.1) is 11.5 Å². The molecular weight excluding hydrogens is 312 g/mol. The van der Waals surface area contributed by atoms with Crippen LogP contribution >= 0.6 is 0 Å². The molecule has 1 aromatic heterocycles. The average Bonchev–Trinajstić information content (AvgIpc) is 3.01. The standard InChI is InChI=1S/C21H16N2O2/c24-23(25)20-13-7-5-11-18(20)15-22-19-12-6-4-10-17(19)14-21(22)16-8-2-1-3-9-16/h1-14H,15H2. The van der Waals surface area contributed by atoms with Crippen LogP contribution in [0.1, 0.15) is 5.56 Å². The highest BCUT2D eigenvalue weighted by atomic mass is 16.6. The fourth-order valence-electron chi connectivity index (χ4n) is 3.22. The summed E-state index contributed by atoms with van der Waals surface area (Å²) in [7, 11) is 0. The Morgan fingerprint density at radius 2 is 1.52 bits per heavy atom. The quantitative estimate of drug-likeness (QED) is 0.379. The van der Waals surface area contributed by atoms with Crippen LogP contribution in [0.5, 0.6) is 0 Å². The van der Waals surface area contributed by atoms with Gasteiger partial charge >= 0.3 is 0 Å². The van der Waals surface area contributed by atoms with Crippen molar-refractivity contribution in [2.45, 2.75) is 6.54 Å². The summed E-state index contributed by atoms with van der Waals surface area (Å²) >= 11 is 0. The molecule has 0 amide bonds. The number of hydrogen-bond acceptors (Lipinski definition) is 2. The number of fused-ring (bicyclic) bond motifs is 1. The molecule has 0 aliphatic heterocycles. The number of nitro groups is 1. The number of para-hydroxylation sites is 2. The first-order chi connectivity index (χ1) is 12.2. The summed E-state index contributed by atoms with van der Waals surface area (Å²) in [6.07, 6.45) is 0. The first-order valence-electron chi connectivity index (χ1n) is 8.10. The normalized spacial score (nSPS) is 10.9. The Labute approximate surface area is 145 Å². The minimum Gasteiger partial charge on any atom is -0.336 e. The first kappa shape index (κ1) is 15.1. The Morgan fingerprint density at radius 3 is 2.32 bits per heavy atom. The van der Waals surface area contributed by atoms with Crippen molar-refractivity contribution in [3.63, 3.8) is 0 Å². The van der Waals surface area contributed by atoms with Crippen LogP contribution in [0, 0.1) is 10.1 Å². The second-order valence-electron chi connectivity index (χ2n) is 5.93. The van der Waals surface area contributed by atoms with Gasteiger partial charge in [-0.05, 0) is 17.7 Å². The molecule has 1 heterocycles. The summed E-state index contributed by atoms with van der Waals surface area (Å²) in [5.74, 6) is 0. The van der Waals surface area contributed by atoms with Gasteiger partial charge in [0.2, 0.25) is 0 Å². The molecule has 4 heteroatoms. The number of nitrogens with zero attached hydrogens (tertiary/aromatic N) is 2. The van der Waals surface area contributed by atoms with E-state index in [1.54, 1.807) is 12.1 Å². The molecule has 4 nitrogen and oxygen atoms in total. The van der Waals surface area contributed by atoms with Crippen molar-refractivity contribution in [3.8, 4) is 11.3 Å². The summed E-state index contributed by atoms with van der Waals surface area (Å²) in [5.41, 5.74) is 4.07. The molecule has 122 valence electrons. The van der Waals surface area contributed by atoms with E-state index in [9.17, 15) is 10.1 Å². The molecule has 25 heavy (non-hydrogen) atoms. The lowest BCUT2D eigenvalue weighted by molar-refractivity contribution is -0.385. The lowest BCUT2D eigenvalue weighted by Gasteiger charge is -2.11. The van der Waals surface area contributed by atoms with Gasteiger partial charge in [-0.15, -0.1) is 0 Å². The lowest BCUT2D eigenvalue weighted by atomic mass is 10.1. The van der Waals surface area contributed by atoms with Gasteiger partial charge in [0.1, 0.15) is 0 Å². The van der Waals surface area contributed by atoms with Crippen LogP contribution in [-0.2, 0) is 6.54 Å². The van der Waals surface area contributed by atoms with E-state index in [0.717, 1.165) is 22.2 Å². The smallest absolute Gasteiger partial charge is 0.274 e. The SMILES string of the molecule is O=[N+]([O-])c1ccccc1Cn1c(-c2ccccc2)cc2ccccc21.